The van der Waals surface area contributed by atoms with Crippen molar-refractivity contribution in [2.75, 3.05) is 7.05 Å². The summed E-state index contributed by atoms with van der Waals surface area (Å²) in [6.07, 6.45) is 3.61. The molecule has 0 aliphatic rings. The molecule has 0 radical (unpaired) electrons. The van der Waals surface area contributed by atoms with Crippen LogP contribution in [0, 0.1) is 11.3 Å². The predicted molar refractivity (Wildman–Crippen MR) is 196 cm³/mol. The van der Waals surface area contributed by atoms with E-state index >= 15 is 0 Å². The van der Waals surface area contributed by atoms with Gasteiger partial charge < -0.3 is 25.6 Å². The number of thiazole rings is 2. The fourth-order valence-corrected chi connectivity index (χ4v) is 6.65. The first-order valence-corrected chi connectivity index (χ1v) is 18.5. The molecule has 50 heavy (non-hydrogen) atoms. The molecular formula is C37H45N7O4S2. The van der Waals surface area contributed by atoms with Crippen molar-refractivity contribution >= 4 is 40.7 Å². The standard InChI is InChI=1S/C37H45N7O4S2/c1-26(2)35-41-31(24-49-35)22-44(3)36(46)43-33(15-10-18-38)34(45)40-29(19-27-11-6-4-7-12-27)16-17-30(20-28-13-8-5-9-14-28)42-37(47)48-23-32-21-39-25-50-32/h4-9,11-14,21,24-26,29-30,33H,10,15-17,19-20,22-23H2,1-3H3,(H,40,45)(H,42,47)(H,43,46)/t29-,30-,33+/m1/s1. The average Bonchev–Trinajstić information content (AvgIpc) is 3.82. The van der Waals surface area contributed by atoms with E-state index in [2.05, 4.69) is 45.8 Å². The minimum atomic E-state index is -0.913. The second kappa shape index (κ2) is 20.0. The fraction of sp³-hybridized carbons (Fsp3) is 0.405. The molecule has 2 heterocycles. The number of carbonyl (C=O) groups is 3. The number of hydrogen-bond donors (Lipinski definition) is 3. The van der Waals surface area contributed by atoms with Gasteiger partial charge in [0, 0.05) is 43.0 Å². The van der Waals surface area contributed by atoms with Crippen LogP contribution in [0.25, 0.3) is 0 Å². The molecule has 3 N–H and O–H groups in total. The largest absolute Gasteiger partial charge is 0.444 e. The van der Waals surface area contributed by atoms with Gasteiger partial charge in [-0.15, -0.1) is 22.7 Å². The quantitative estimate of drug-likeness (QED) is 0.105. The number of urea groups is 1. The van der Waals surface area contributed by atoms with E-state index in [1.165, 1.54) is 16.2 Å². The van der Waals surface area contributed by atoms with Crippen molar-refractivity contribution in [3.05, 3.63) is 104 Å². The summed E-state index contributed by atoms with van der Waals surface area (Å²) in [4.78, 5) is 50.9. The zero-order valence-electron chi connectivity index (χ0n) is 28.7. The minimum absolute atomic E-state index is 0.0992. The molecule has 4 aromatic rings. The molecule has 0 aliphatic heterocycles. The van der Waals surface area contributed by atoms with Crippen molar-refractivity contribution in [2.24, 2.45) is 0 Å². The van der Waals surface area contributed by atoms with Crippen LogP contribution in [0.3, 0.4) is 0 Å². The number of ether oxygens (including phenoxy) is 1. The Kier molecular flexibility index (Phi) is 15.2. The van der Waals surface area contributed by atoms with Crippen LogP contribution in [0.4, 0.5) is 9.59 Å². The zero-order valence-corrected chi connectivity index (χ0v) is 30.3. The first-order valence-electron chi connectivity index (χ1n) is 16.7. The highest BCUT2D eigenvalue weighted by Gasteiger charge is 2.26. The van der Waals surface area contributed by atoms with Gasteiger partial charge in [-0.05, 0) is 43.2 Å². The topological polar surface area (TPSA) is 149 Å². The number of amides is 4. The molecule has 0 saturated carbocycles. The maximum atomic E-state index is 13.8. The van der Waals surface area contributed by atoms with E-state index < -0.39 is 18.2 Å². The normalized spacial score (nSPS) is 12.7. The van der Waals surface area contributed by atoms with Gasteiger partial charge in [0.2, 0.25) is 5.91 Å². The third-order valence-electron chi connectivity index (χ3n) is 7.98. The summed E-state index contributed by atoms with van der Waals surface area (Å²) in [7, 11) is 1.66. The number of nitriles is 1. The molecule has 4 rings (SSSR count). The molecule has 0 unspecified atom stereocenters. The van der Waals surface area contributed by atoms with Gasteiger partial charge in [-0.1, -0.05) is 74.5 Å². The van der Waals surface area contributed by atoms with E-state index in [0.717, 1.165) is 26.7 Å². The first kappa shape index (κ1) is 38.0. The molecule has 13 heteroatoms. The maximum absolute atomic E-state index is 13.8. The highest BCUT2D eigenvalue weighted by atomic mass is 32.1. The summed E-state index contributed by atoms with van der Waals surface area (Å²) in [5.41, 5.74) is 4.57. The second-order valence-corrected chi connectivity index (χ2v) is 14.3. The third-order valence-corrected chi connectivity index (χ3v) is 9.93. The molecule has 2 aromatic heterocycles. The molecule has 11 nitrogen and oxygen atoms in total. The molecule has 264 valence electrons. The summed E-state index contributed by atoms with van der Waals surface area (Å²) in [6.45, 7) is 4.57. The fourth-order valence-electron chi connectivity index (χ4n) is 5.32. The van der Waals surface area contributed by atoms with Crippen molar-refractivity contribution in [2.45, 2.75) is 89.6 Å². The van der Waals surface area contributed by atoms with Gasteiger partial charge in [-0.25, -0.2) is 14.6 Å². The zero-order chi connectivity index (χ0) is 35.7. The summed E-state index contributed by atoms with van der Waals surface area (Å²) in [6, 6.07) is 19.9. The van der Waals surface area contributed by atoms with Crippen molar-refractivity contribution in [1.82, 2.24) is 30.8 Å². The Bertz CT molecular complexity index is 1660. The molecule has 0 aliphatic carbocycles. The van der Waals surface area contributed by atoms with Gasteiger partial charge >= 0.3 is 12.1 Å². The van der Waals surface area contributed by atoms with Crippen molar-refractivity contribution < 1.29 is 19.1 Å². The van der Waals surface area contributed by atoms with Crippen LogP contribution in [0.2, 0.25) is 0 Å². The highest BCUT2D eigenvalue weighted by Crippen LogP contribution is 2.20. The van der Waals surface area contributed by atoms with E-state index in [1.807, 2.05) is 66.0 Å². The molecule has 0 fully saturated rings. The number of carbonyl (C=O) groups excluding carboxylic acids is 3. The Morgan fingerprint density at radius 1 is 0.900 bits per heavy atom. The van der Waals surface area contributed by atoms with Gasteiger partial charge in [0.25, 0.3) is 0 Å². The van der Waals surface area contributed by atoms with Crippen LogP contribution >= 0.6 is 22.7 Å². The number of benzene rings is 2. The van der Waals surface area contributed by atoms with Crippen molar-refractivity contribution in [3.8, 4) is 6.07 Å². The number of alkyl carbamates (subject to hydrolysis) is 1. The Hall–Kier alpha value is -4.80. The van der Waals surface area contributed by atoms with Gasteiger partial charge in [-0.2, -0.15) is 5.26 Å². The molecule has 3 atom stereocenters. The molecule has 4 amide bonds. The van der Waals surface area contributed by atoms with Crippen molar-refractivity contribution in [1.29, 1.82) is 5.26 Å². The number of nitrogens with zero attached hydrogens (tertiary/aromatic N) is 4. The van der Waals surface area contributed by atoms with E-state index in [1.54, 1.807) is 30.1 Å². The predicted octanol–water partition coefficient (Wildman–Crippen LogP) is 6.58. The lowest BCUT2D eigenvalue weighted by molar-refractivity contribution is -0.123. The smallest absolute Gasteiger partial charge is 0.407 e. The van der Waals surface area contributed by atoms with E-state index in [0.29, 0.717) is 38.1 Å². The molecule has 0 bridgehead atoms. The maximum Gasteiger partial charge on any atom is 0.407 e. The third kappa shape index (κ3) is 12.9. The lowest BCUT2D eigenvalue weighted by Crippen LogP contribution is -2.52. The van der Waals surface area contributed by atoms with Crippen LogP contribution in [-0.4, -0.2) is 58.1 Å². The minimum Gasteiger partial charge on any atom is -0.444 e. The average molecular weight is 716 g/mol. The van der Waals surface area contributed by atoms with Crippen LogP contribution in [0.15, 0.2) is 77.8 Å². The summed E-state index contributed by atoms with van der Waals surface area (Å²) in [5.74, 6) is -0.0709. The van der Waals surface area contributed by atoms with Crippen molar-refractivity contribution in [3.63, 3.8) is 0 Å². The Balaban J connectivity index is 1.44. The number of aromatic nitrogens is 2. The lowest BCUT2D eigenvalue weighted by Gasteiger charge is -2.27. The van der Waals surface area contributed by atoms with Gasteiger partial charge in [-0.3, -0.25) is 9.78 Å². The Morgan fingerprint density at radius 3 is 2.10 bits per heavy atom. The second-order valence-electron chi connectivity index (χ2n) is 12.4. The first-order chi connectivity index (χ1) is 24.2. The van der Waals surface area contributed by atoms with E-state index in [-0.39, 0.29) is 37.4 Å². The molecular weight excluding hydrogens is 671 g/mol. The van der Waals surface area contributed by atoms with E-state index in [4.69, 9.17) is 4.74 Å². The summed E-state index contributed by atoms with van der Waals surface area (Å²) < 4.78 is 5.47. The van der Waals surface area contributed by atoms with Crippen LogP contribution in [0.5, 0.6) is 0 Å². The lowest BCUT2D eigenvalue weighted by atomic mass is 9.95. The monoisotopic (exact) mass is 715 g/mol. The summed E-state index contributed by atoms with van der Waals surface area (Å²) in [5, 5.41) is 21.3. The van der Waals surface area contributed by atoms with Crippen LogP contribution < -0.4 is 16.0 Å². The Morgan fingerprint density at radius 2 is 1.54 bits per heavy atom. The number of hydrogen-bond acceptors (Lipinski definition) is 9. The van der Waals surface area contributed by atoms with Crippen LogP contribution in [0.1, 0.15) is 72.2 Å². The number of rotatable bonds is 18. The molecule has 0 saturated heterocycles. The highest BCUT2D eigenvalue weighted by molar-refractivity contribution is 7.09. The van der Waals surface area contributed by atoms with Gasteiger partial charge in [0.15, 0.2) is 0 Å². The van der Waals surface area contributed by atoms with E-state index in [9.17, 15) is 19.6 Å². The molecule has 0 spiro atoms. The molecule has 2 aromatic carbocycles. The summed E-state index contributed by atoms with van der Waals surface area (Å²) >= 11 is 2.97. The Labute approximate surface area is 302 Å². The van der Waals surface area contributed by atoms with Gasteiger partial charge in [0.1, 0.15) is 12.6 Å². The van der Waals surface area contributed by atoms with Crippen LogP contribution in [-0.2, 0) is 35.5 Å². The van der Waals surface area contributed by atoms with Gasteiger partial charge in [0.05, 0.1) is 33.7 Å². The SMILES string of the molecule is CC(C)c1nc(CN(C)C(=O)N[C@@H](CCC#N)C(=O)N[C@H](CC[C@H](Cc2ccccc2)NC(=O)OCc2cncs2)Cc2ccccc2)cs1. The number of nitrogens with one attached hydrogen (secondary N) is 3.